The Balaban J connectivity index is 1.40. The van der Waals surface area contributed by atoms with E-state index in [9.17, 15) is 0 Å². The quantitative estimate of drug-likeness (QED) is 0.661. The second kappa shape index (κ2) is 7.54. The molecule has 0 N–H and O–H groups in total. The number of benzene rings is 2. The van der Waals surface area contributed by atoms with Gasteiger partial charge in [0.1, 0.15) is 0 Å². The minimum absolute atomic E-state index is 0.0827. The van der Waals surface area contributed by atoms with Crippen LogP contribution in [0.3, 0.4) is 0 Å². The number of fused-ring (bicyclic) bond motifs is 2. The van der Waals surface area contributed by atoms with Crippen molar-refractivity contribution < 1.29 is 9.31 Å². The Morgan fingerprint density at radius 2 is 1.33 bits per heavy atom. The molecule has 2 nitrogen and oxygen atoms in total. The lowest BCUT2D eigenvalue weighted by Gasteiger charge is -2.27. The minimum Gasteiger partial charge on any atom is -0.407 e. The van der Waals surface area contributed by atoms with Crippen LogP contribution in [-0.2, 0) is 22.5 Å². The summed E-state index contributed by atoms with van der Waals surface area (Å²) in [6.07, 6.45) is 5.42. The molecule has 0 unspecified atom stereocenters. The van der Waals surface area contributed by atoms with Crippen LogP contribution < -0.4 is 0 Å². The van der Waals surface area contributed by atoms with Crippen molar-refractivity contribution in [2.45, 2.75) is 44.7 Å². The van der Waals surface area contributed by atoms with Gasteiger partial charge in [0.15, 0.2) is 0 Å². The average Bonchev–Trinajstić information content (AvgIpc) is 3.27. The van der Waals surface area contributed by atoms with Crippen molar-refractivity contribution in [3.05, 3.63) is 71.8 Å². The maximum Gasteiger partial charge on any atom is 0.460 e. The summed E-state index contributed by atoms with van der Waals surface area (Å²) in [6, 6.07) is 20.8. The summed E-state index contributed by atoms with van der Waals surface area (Å²) < 4.78 is 12.5. The normalized spacial score (nSPS) is 25.1. The highest BCUT2D eigenvalue weighted by Gasteiger charge is 2.47. The van der Waals surface area contributed by atoms with Crippen molar-refractivity contribution in [2.75, 3.05) is 0 Å². The molecule has 24 heavy (non-hydrogen) atoms. The second-order valence-electron chi connectivity index (χ2n) is 7.30. The van der Waals surface area contributed by atoms with Gasteiger partial charge in [-0.25, -0.2) is 0 Å². The largest absolute Gasteiger partial charge is 0.460 e. The highest BCUT2D eigenvalue weighted by atomic mass is 16.6. The lowest BCUT2D eigenvalue weighted by atomic mass is 9.63. The summed E-state index contributed by atoms with van der Waals surface area (Å²) in [5.74, 6) is 2.27. The van der Waals surface area contributed by atoms with Crippen molar-refractivity contribution in [3.63, 3.8) is 0 Å². The zero-order valence-electron chi connectivity index (χ0n) is 14.1. The van der Waals surface area contributed by atoms with E-state index in [1.54, 1.807) is 0 Å². The molecule has 0 amide bonds. The maximum absolute atomic E-state index is 6.26. The van der Waals surface area contributed by atoms with Crippen LogP contribution in [0.1, 0.15) is 36.8 Å². The SMILES string of the molecule is c1ccc(COB(OCc2ccccc2)[C@H]2C[C@@H]3CC[C@H]2C3)cc1. The van der Waals surface area contributed by atoms with E-state index in [2.05, 4.69) is 48.5 Å². The van der Waals surface area contributed by atoms with Gasteiger partial charge in [0.25, 0.3) is 0 Å². The predicted molar refractivity (Wildman–Crippen MR) is 97.4 cm³/mol. The minimum atomic E-state index is -0.0827. The van der Waals surface area contributed by atoms with Gasteiger partial charge in [-0.3, -0.25) is 0 Å². The first kappa shape index (κ1) is 15.9. The molecule has 3 heteroatoms. The molecule has 0 heterocycles. The lowest BCUT2D eigenvalue weighted by molar-refractivity contribution is 0.164. The molecule has 2 aliphatic carbocycles. The molecule has 2 saturated carbocycles. The third-order valence-electron chi connectivity index (χ3n) is 5.66. The van der Waals surface area contributed by atoms with Gasteiger partial charge in [0.2, 0.25) is 0 Å². The Hall–Kier alpha value is -1.58. The zero-order chi connectivity index (χ0) is 16.2. The fourth-order valence-corrected chi connectivity index (χ4v) is 4.43. The van der Waals surface area contributed by atoms with Crippen molar-refractivity contribution in [1.29, 1.82) is 0 Å². The molecule has 2 aromatic rings. The third kappa shape index (κ3) is 3.74. The Morgan fingerprint density at radius 3 is 1.79 bits per heavy atom. The van der Waals surface area contributed by atoms with E-state index in [0.29, 0.717) is 19.0 Å². The van der Waals surface area contributed by atoms with Crippen molar-refractivity contribution in [2.24, 2.45) is 11.8 Å². The van der Waals surface area contributed by atoms with E-state index in [0.717, 1.165) is 11.8 Å². The van der Waals surface area contributed by atoms with E-state index in [4.69, 9.17) is 9.31 Å². The zero-order valence-corrected chi connectivity index (χ0v) is 14.1. The molecule has 0 radical (unpaired) electrons. The summed E-state index contributed by atoms with van der Waals surface area (Å²) in [6.45, 7) is 1.27. The van der Waals surface area contributed by atoms with Crippen LogP contribution in [0.15, 0.2) is 60.7 Å². The summed E-state index contributed by atoms with van der Waals surface area (Å²) >= 11 is 0. The molecule has 3 atom stereocenters. The van der Waals surface area contributed by atoms with Gasteiger partial charge in [-0.15, -0.1) is 0 Å². The first-order chi connectivity index (χ1) is 11.9. The fourth-order valence-electron chi connectivity index (χ4n) is 4.43. The van der Waals surface area contributed by atoms with E-state index in [1.165, 1.54) is 36.8 Å². The number of rotatable bonds is 7. The molecule has 2 fully saturated rings. The van der Waals surface area contributed by atoms with E-state index in [1.807, 2.05) is 12.1 Å². The first-order valence-corrected chi connectivity index (χ1v) is 9.19. The molecular formula is C21H25BO2. The molecule has 0 aromatic heterocycles. The summed E-state index contributed by atoms with van der Waals surface area (Å²) in [7, 11) is -0.0827. The Bertz CT molecular complexity index is 587. The van der Waals surface area contributed by atoms with Gasteiger partial charge in [0, 0.05) is 0 Å². The lowest BCUT2D eigenvalue weighted by Crippen LogP contribution is -2.32. The molecule has 2 aliphatic rings. The monoisotopic (exact) mass is 320 g/mol. The van der Waals surface area contributed by atoms with Crippen LogP contribution in [0.25, 0.3) is 0 Å². The van der Waals surface area contributed by atoms with Crippen molar-refractivity contribution >= 4 is 7.12 Å². The van der Waals surface area contributed by atoms with Crippen molar-refractivity contribution in [1.82, 2.24) is 0 Å². The van der Waals surface area contributed by atoms with Crippen LogP contribution in [-0.4, -0.2) is 7.12 Å². The molecule has 0 aliphatic heterocycles. The highest BCUT2D eigenvalue weighted by Crippen LogP contribution is 2.53. The second-order valence-corrected chi connectivity index (χ2v) is 7.30. The van der Waals surface area contributed by atoms with Gasteiger partial charge in [-0.1, -0.05) is 73.5 Å². The third-order valence-corrected chi connectivity index (χ3v) is 5.66. The van der Waals surface area contributed by atoms with Crippen LogP contribution in [0, 0.1) is 11.8 Å². The smallest absolute Gasteiger partial charge is 0.407 e. The fraction of sp³-hybridized carbons (Fsp3) is 0.429. The van der Waals surface area contributed by atoms with E-state index < -0.39 is 0 Å². The molecule has 0 saturated heterocycles. The Labute approximate surface area is 145 Å². The van der Waals surface area contributed by atoms with Gasteiger partial charge >= 0.3 is 7.12 Å². The van der Waals surface area contributed by atoms with E-state index in [-0.39, 0.29) is 7.12 Å². The molecule has 4 rings (SSSR count). The van der Waals surface area contributed by atoms with Crippen LogP contribution in [0.4, 0.5) is 0 Å². The van der Waals surface area contributed by atoms with E-state index >= 15 is 0 Å². The molecule has 0 spiro atoms. The predicted octanol–water partition coefficient (Wildman–Crippen LogP) is 5.10. The summed E-state index contributed by atoms with van der Waals surface area (Å²) in [5.41, 5.74) is 2.43. The number of hydrogen-bond acceptors (Lipinski definition) is 2. The van der Waals surface area contributed by atoms with Crippen molar-refractivity contribution in [3.8, 4) is 0 Å². The molecule has 124 valence electrons. The molecule has 2 bridgehead atoms. The van der Waals surface area contributed by atoms with Crippen LogP contribution in [0.5, 0.6) is 0 Å². The standard InChI is InChI=1S/C21H25BO2/c1-3-7-17(8-4-1)15-23-22(21-14-19-11-12-20(21)13-19)24-16-18-9-5-2-6-10-18/h1-10,19-21H,11-16H2/t19-,20+,21+/m1/s1. The number of hydrogen-bond donors (Lipinski definition) is 0. The van der Waals surface area contributed by atoms with Crippen LogP contribution >= 0.6 is 0 Å². The van der Waals surface area contributed by atoms with Gasteiger partial charge in [0.05, 0.1) is 13.2 Å². The Morgan fingerprint density at radius 1 is 0.750 bits per heavy atom. The summed E-state index contributed by atoms with van der Waals surface area (Å²) in [4.78, 5) is 0. The van der Waals surface area contributed by atoms with Crippen LogP contribution in [0.2, 0.25) is 5.82 Å². The topological polar surface area (TPSA) is 18.5 Å². The first-order valence-electron chi connectivity index (χ1n) is 9.19. The average molecular weight is 320 g/mol. The summed E-state index contributed by atoms with van der Waals surface area (Å²) in [5, 5.41) is 0. The molecular weight excluding hydrogens is 295 g/mol. The maximum atomic E-state index is 6.26. The van der Waals surface area contributed by atoms with Gasteiger partial charge < -0.3 is 9.31 Å². The Kier molecular flexibility index (Phi) is 5.00. The molecule has 2 aromatic carbocycles. The van der Waals surface area contributed by atoms with Gasteiger partial charge in [-0.05, 0) is 41.6 Å². The highest BCUT2D eigenvalue weighted by molar-refractivity contribution is 6.46. The van der Waals surface area contributed by atoms with Gasteiger partial charge in [-0.2, -0.15) is 0 Å².